The van der Waals surface area contributed by atoms with Crippen molar-refractivity contribution in [3.8, 4) is 0 Å². The quantitative estimate of drug-likeness (QED) is 0.802. The summed E-state index contributed by atoms with van der Waals surface area (Å²) in [5.74, 6) is 1.63. The second-order valence-electron chi connectivity index (χ2n) is 5.66. The van der Waals surface area contributed by atoms with Crippen LogP contribution in [-0.4, -0.2) is 58.3 Å². The van der Waals surface area contributed by atoms with Gasteiger partial charge in [-0.05, 0) is 26.2 Å². The zero-order valence-electron chi connectivity index (χ0n) is 11.9. The molecule has 110 valence electrons. The predicted molar refractivity (Wildman–Crippen MR) is 72.0 cm³/mol. The number of rotatable bonds is 5. The van der Waals surface area contributed by atoms with Crippen molar-refractivity contribution in [2.45, 2.75) is 44.4 Å². The summed E-state index contributed by atoms with van der Waals surface area (Å²) >= 11 is 0. The molecule has 0 aromatic carbocycles. The van der Waals surface area contributed by atoms with Crippen LogP contribution in [0.25, 0.3) is 0 Å². The fraction of sp³-hybridized carbons (Fsp3) is 0.769. The van der Waals surface area contributed by atoms with Gasteiger partial charge < -0.3 is 10.1 Å². The lowest BCUT2D eigenvalue weighted by Gasteiger charge is -2.21. The summed E-state index contributed by atoms with van der Waals surface area (Å²) < 4.78 is 5.44. The lowest BCUT2D eigenvalue weighted by atomic mass is 10.2. The van der Waals surface area contributed by atoms with Crippen LogP contribution in [0.15, 0.2) is 0 Å². The van der Waals surface area contributed by atoms with Crippen LogP contribution in [0, 0.1) is 6.92 Å². The van der Waals surface area contributed by atoms with E-state index in [1.165, 1.54) is 0 Å². The molecule has 1 aromatic rings. The first-order valence-electron chi connectivity index (χ1n) is 7.11. The van der Waals surface area contributed by atoms with Crippen LogP contribution >= 0.6 is 0 Å². The molecule has 7 nitrogen and oxygen atoms in total. The van der Waals surface area contributed by atoms with Crippen molar-refractivity contribution < 1.29 is 9.53 Å². The molecule has 0 bridgehead atoms. The Morgan fingerprint density at radius 1 is 1.55 bits per heavy atom. The lowest BCUT2D eigenvalue weighted by Crippen LogP contribution is -2.38. The predicted octanol–water partition coefficient (Wildman–Crippen LogP) is 0.154. The number of nitrogens with zero attached hydrogens (tertiary/aromatic N) is 3. The summed E-state index contributed by atoms with van der Waals surface area (Å²) in [5, 5.41) is 10.1. The van der Waals surface area contributed by atoms with Crippen LogP contribution in [0.3, 0.4) is 0 Å². The van der Waals surface area contributed by atoms with Gasteiger partial charge in [0.15, 0.2) is 5.82 Å². The second kappa shape index (κ2) is 5.49. The highest BCUT2D eigenvalue weighted by atomic mass is 16.5. The highest BCUT2D eigenvalue weighted by Gasteiger charge is 2.37. The molecule has 3 rings (SSSR count). The van der Waals surface area contributed by atoms with Gasteiger partial charge in [0.1, 0.15) is 5.82 Å². The van der Waals surface area contributed by atoms with Crippen molar-refractivity contribution in [2.24, 2.45) is 0 Å². The van der Waals surface area contributed by atoms with Crippen molar-refractivity contribution in [3.05, 3.63) is 11.6 Å². The summed E-state index contributed by atoms with van der Waals surface area (Å²) in [5.41, 5.74) is 0. The Kier molecular flexibility index (Phi) is 3.71. The van der Waals surface area contributed by atoms with Gasteiger partial charge in [0.25, 0.3) is 0 Å². The Morgan fingerprint density at radius 2 is 2.35 bits per heavy atom. The van der Waals surface area contributed by atoms with E-state index in [9.17, 15) is 4.79 Å². The topological polar surface area (TPSA) is 83.1 Å². The van der Waals surface area contributed by atoms with Crippen molar-refractivity contribution in [2.75, 3.05) is 20.2 Å². The van der Waals surface area contributed by atoms with Gasteiger partial charge in [0.2, 0.25) is 5.91 Å². The number of aryl methyl sites for hydroxylation is 1. The third-order valence-electron chi connectivity index (χ3n) is 3.90. The molecule has 0 spiro atoms. The number of hydrogen-bond donors (Lipinski definition) is 2. The number of hydrogen-bond acceptors (Lipinski definition) is 5. The maximum absolute atomic E-state index is 12.0. The smallest absolute Gasteiger partial charge is 0.234 e. The summed E-state index contributed by atoms with van der Waals surface area (Å²) in [6.07, 6.45) is 3.17. The molecule has 1 saturated heterocycles. The van der Waals surface area contributed by atoms with E-state index < -0.39 is 0 Å². The molecule has 2 N–H and O–H groups in total. The number of aromatic nitrogens is 3. The van der Waals surface area contributed by atoms with Crippen LogP contribution in [-0.2, 0) is 9.53 Å². The number of amides is 1. The maximum Gasteiger partial charge on any atom is 0.234 e. The summed E-state index contributed by atoms with van der Waals surface area (Å²) in [6, 6.07) is 0.447. The third kappa shape index (κ3) is 2.99. The van der Waals surface area contributed by atoms with Gasteiger partial charge in [-0.15, -0.1) is 0 Å². The van der Waals surface area contributed by atoms with E-state index in [1.807, 2.05) is 6.92 Å². The molecular weight excluding hydrogens is 258 g/mol. The van der Waals surface area contributed by atoms with Crippen molar-refractivity contribution in [1.82, 2.24) is 25.4 Å². The Labute approximate surface area is 118 Å². The average molecular weight is 279 g/mol. The van der Waals surface area contributed by atoms with Gasteiger partial charge in [0, 0.05) is 19.7 Å². The van der Waals surface area contributed by atoms with Gasteiger partial charge in [-0.2, -0.15) is 5.10 Å². The van der Waals surface area contributed by atoms with Gasteiger partial charge in [-0.3, -0.25) is 14.8 Å². The number of H-pyrrole nitrogens is 1. The summed E-state index contributed by atoms with van der Waals surface area (Å²) in [7, 11) is 1.71. The van der Waals surface area contributed by atoms with Crippen LogP contribution < -0.4 is 5.32 Å². The van der Waals surface area contributed by atoms with Gasteiger partial charge in [-0.25, -0.2) is 4.98 Å². The minimum Gasteiger partial charge on any atom is -0.380 e. The average Bonchev–Trinajstić information content (AvgIpc) is 2.97. The first kappa shape index (κ1) is 13.5. The molecule has 1 aromatic heterocycles. The highest BCUT2D eigenvalue weighted by molar-refractivity contribution is 5.78. The maximum atomic E-state index is 12.0. The van der Waals surface area contributed by atoms with Crippen molar-refractivity contribution >= 4 is 5.91 Å². The fourth-order valence-corrected chi connectivity index (χ4v) is 2.67. The summed E-state index contributed by atoms with van der Waals surface area (Å²) in [6.45, 7) is 3.00. The molecule has 0 unspecified atom stereocenters. The van der Waals surface area contributed by atoms with Crippen LogP contribution in [0.2, 0.25) is 0 Å². The van der Waals surface area contributed by atoms with E-state index in [2.05, 4.69) is 25.4 Å². The van der Waals surface area contributed by atoms with E-state index in [0.29, 0.717) is 12.6 Å². The molecule has 2 atom stereocenters. The van der Waals surface area contributed by atoms with Crippen LogP contribution in [0.5, 0.6) is 0 Å². The van der Waals surface area contributed by atoms with Crippen molar-refractivity contribution in [1.29, 1.82) is 0 Å². The van der Waals surface area contributed by atoms with E-state index in [1.54, 1.807) is 7.11 Å². The Morgan fingerprint density at radius 3 is 2.95 bits per heavy atom. The van der Waals surface area contributed by atoms with Gasteiger partial charge in [0.05, 0.1) is 18.7 Å². The zero-order chi connectivity index (χ0) is 14.1. The van der Waals surface area contributed by atoms with Crippen LogP contribution in [0.1, 0.15) is 37.0 Å². The van der Waals surface area contributed by atoms with Gasteiger partial charge in [-0.1, -0.05) is 0 Å². The molecule has 1 aliphatic heterocycles. The first-order valence-corrected chi connectivity index (χ1v) is 7.11. The molecule has 2 fully saturated rings. The standard InChI is InChI=1S/C13H21N5O2/c1-8-14-13(17-16-8)11-5-10(20-2)6-18(11)7-12(19)15-9-3-4-9/h9-11H,3-7H2,1-2H3,(H,15,19)(H,14,16,17)/t10-,11+/m1/s1. The molecule has 20 heavy (non-hydrogen) atoms. The minimum absolute atomic E-state index is 0.0508. The Hall–Kier alpha value is -1.47. The molecule has 1 saturated carbocycles. The Balaban J connectivity index is 1.67. The van der Waals surface area contributed by atoms with Gasteiger partial charge >= 0.3 is 0 Å². The number of methoxy groups -OCH3 is 1. The lowest BCUT2D eigenvalue weighted by molar-refractivity contribution is -0.122. The Bertz CT molecular complexity index is 485. The summed E-state index contributed by atoms with van der Waals surface area (Å²) in [4.78, 5) is 18.5. The minimum atomic E-state index is 0.0508. The number of nitrogens with one attached hydrogen (secondary N) is 2. The zero-order valence-corrected chi connectivity index (χ0v) is 11.9. The molecule has 2 aliphatic rings. The van der Waals surface area contributed by atoms with Crippen molar-refractivity contribution in [3.63, 3.8) is 0 Å². The first-order chi connectivity index (χ1) is 9.65. The van der Waals surface area contributed by atoms with E-state index in [0.717, 1.165) is 37.5 Å². The molecule has 7 heteroatoms. The highest BCUT2D eigenvalue weighted by Crippen LogP contribution is 2.31. The monoisotopic (exact) mass is 279 g/mol. The normalized spacial score (nSPS) is 26.9. The second-order valence-corrected chi connectivity index (χ2v) is 5.66. The number of ether oxygens (including phenoxy) is 1. The third-order valence-corrected chi connectivity index (χ3v) is 3.90. The number of carbonyl (C=O) groups excluding carboxylic acids is 1. The number of carbonyl (C=O) groups is 1. The molecule has 1 amide bonds. The van der Waals surface area contributed by atoms with E-state index >= 15 is 0 Å². The van der Waals surface area contributed by atoms with Crippen LogP contribution in [0.4, 0.5) is 0 Å². The molecule has 0 radical (unpaired) electrons. The van der Waals surface area contributed by atoms with E-state index in [4.69, 9.17) is 4.74 Å². The fourth-order valence-electron chi connectivity index (χ4n) is 2.67. The molecule has 1 aliphatic carbocycles. The molecule has 2 heterocycles. The molecular formula is C13H21N5O2. The number of likely N-dealkylation sites (tertiary alicyclic amines) is 1. The number of aromatic amines is 1. The van der Waals surface area contributed by atoms with E-state index in [-0.39, 0.29) is 18.1 Å². The largest absolute Gasteiger partial charge is 0.380 e. The SMILES string of the molecule is CO[C@@H]1C[C@@H](c2n[nH]c(C)n2)N(CC(=O)NC2CC2)C1.